The normalized spacial score (nSPS) is 11.7. The van der Waals surface area contributed by atoms with E-state index in [0.717, 1.165) is 0 Å². The van der Waals surface area contributed by atoms with Crippen molar-refractivity contribution in [1.82, 2.24) is 5.16 Å². The van der Waals surface area contributed by atoms with Crippen LogP contribution < -0.4 is 0 Å². The van der Waals surface area contributed by atoms with Crippen molar-refractivity contribution in [1.29, 1.82) is 0 Å². The van der Waals surface area contributed by atoms with E-state index >= 15 is 0 Å². The Balaban J connectivity index is 2.77. The lowest BCUT2D eigenvalue weighted by Crippen LogP contribution is -2.12. The molecule has 0 saturated carbocycles. The number of ketones is 1. The van der Waals surface area contributed by atoms with Crippen molar-refractivity contribution in [3.05, 3.63) is 17.0 Å². The SMILES string of the molecule is CC(=O)CCS(=O)(=O)Cc1c(C)noc1C. The van der Waals surface area contributed by atoms with E-state index < -0.39 is 9.84 Å². The molecule has 0 amide bonds. The fourth-order valence-corrected chi connectivity index (χ4v) is 2.89. The van der Waals surface area contributed by atoms with Crippen LogP contribution in [0.15, 0.2) is 4.52 Å². The van der Waals surface area contributed by atoms with Crippen LogP contribution in [0.25, 0.3) is 0 Å². The van der Waals surface area contributed by atoms with Gasteiger partial charge in [0.1, 0.15) is 11.5 Å². The molecule has 16 heavy (non-hydrogen) atoms. The van der Waals surface area contributed by atoms with Gasteiger partial charge < -0.3 is 4.52 Å². The number of sulfone groups is 1. The predicted molar refractivity (Wildman–Crippen MR) is 58.8 cm³/mol. The van der Waals surface area contributed by atoms with Crippen molar-refractivity contribution in [2.24, 2.45) is 0 Å². The van der Waals surface area contributed by atoms with Gasteiger partial charge in [-0.2, -0.15) is 0 Å². The van der Waals surface area contributed by atoms with Gasteiger partial charge in [-0.3, -0.25) is 4.79 Å². The molecule has 90 valence electrons. The molecule has 0 aromatic carbocycles. The molecule has 5 nitrogen and oxygen atoms in total. The number of aryl methyl sites for hydroxylation is 2. The van der Waals surface area contributed by atoms with E-state index in [9.17, 15) is 13.2 Å². The monoisotopic (exact) mass is 245 g/mol. The molecule has 0 aliphatic heterocycles. The van der Waals surface area contributed by atoms with Gasteiger partial charge in [-0.05, 0) is 20.8 Å². The maximum Gasteiger partial charge on any atom is 0.155 e. The van der Waals surface area contributed by atoms with Crippen LogP contribution in [0.1, 0.15) is 30.4 Å². The quantitative estimate of drug-likeness (QED) is 0.778. The lowest BCUT2D eigenvalue weighted by atomic mass is 10.2. The molecule has 0 radical (unpaired) electrons. The van der Waals surface area contributed by atoms with Crippen LogP contribution in [0, 0.1) is 13.8 Å². The number of carbonyl (C=O) groups excluding carboxylic acids is 1. The first-order chi connectivity index (χ1) is 7.32. The third kappa shape index (κ3) is 3.44. The highest BCUT2D eigenvalue weighted by atomic mass is 32.2. The van der Waals surface area contributed by atoms with Crippen molar-refractivity contribution < 1.29 is 17.7 Å². The summed E-state index contributed by atoms with van der Waals surface area (Å²) in [6, 6.07) is 0. The molecule has 1 rings (SSSR count). The minimum absolute atomic E-state index is 0.0612. The third-order valence-corrected chi connectivity index (χ3v) is 3.87. The first-order valence-corrected chi connectivity index (χ1v) is 6.75. The second-order valence-electron chi connectivity index (χ2n) is 3.85. The van der Waals surface area contributed by atoms with E-state index in [1.165, 1.54) is 6.92 Å². The van der Waals surface area contributed by atoms with E-state index in [1.54, 1.807) is 13.8 Å². The van der Waals surface area contributed by atoms with Crippen LogP contribution in [-0.2, 0) is 20.4 Å². The third-order valence-electron chi connectivity index (χ3n) is 2.31. The Bertz CT molecular complexity index is 467. The van der Waals surface area contributed by atoms with Gasteiger partial charge in [0, 0.05) is 12.0 Å². The Labute approximate surface area is 94.7 Å². The van der Waals surface area contributed by atoms with Crippen molar-refractivity contribution >= 4 is 15.6 Å². The van der Waals surface area contributed by atoms with Gasteiger partial charge >= 0.3 is 0 Å². The minimum atomic E-state index is -3.27. The molecule has 0 N–H and O–H groups in total. The van der Waals surface area contributed by atoms with E-state index in [0.29, 0.717) is 17.0 Å². The predicted octanol–water partition coefficient (Wildman–Crippen LogP) is 1.19. The largest absolute Gasteiger partial charge is 0.361 e. The average Bonchev–Trinajstić information content (AvgIpc) is 2.46. The van der Waals surface area contributed by atoms with Crippen molar-refractivity contribution in [3.8, 4) is 0 Å². The number of carbonyl (C=O) groups is 1. The zero-order valence-corrected chi connectivity index (χ0v) is 10.4. The topological polar surface area (TPSA) is 77.2 Å². The first kappa shape index (κ1) is 12.9. The number of hydrogen-bond acceptors (Lipinski definition) is 5. The molecule has 1 aromatic heterocycles. The van der Waals surface area contributed by atoms with Gasteiger partial charge in [-0.15, -0.1) is 0 Å². The van der Waals surface area contributed by atoms with Gasteiger partial charge in [0.15, 0.2) is 9.84 Å². The molecule has 0 spiro atoms. The summed E-state index contributed by atoms with van der Waals surface area (Å²) in [5.74, 6) is 0.166. The average molecular weight is 245 g/mol. The molecule has 6 heteroatoms. The molecular weight excluding hydrogens is 230 g/mol. The van der Waals surface area contributed by atoms with Crippen LogP contribution in [0.4, 0.5) is 0 Å². The second-order valence-corrected chi connectivity index (χ2v) is 6.03. The first-order valence-electron chi connectivity index (χ1n) is 4.93. The molecule has 1 aromatic rings. The molecule has 0 bridgehead atoms. The maximum atomic E-state index is 11.7. The van der Waals surface area contributed by atoms with Crippen molar-refractivity contribution in [2.75, 3.05) is 5.75 Å². The molecule has 0 aliphatic carbocycles. The zero-order chi connectivity index (χ0) is 12.3. The summed E-state index contributed by atoms with van der Waals surface area (Å²) in [6.07, 6.45) is 0.0612. The van der Waals surface area contributed by atoms with E-state index in [4.69, 9.17) is 4.52 Å². The molecule has 1 heterocycles. The summed E-state index contributed by atoms with van der Waals surface area (Å²) in [7, 11) is -3.27. The van der Waals surface area contributed by atoms with Gasteiger partial charge in [0.2, 0.25) is 0 Å². The zero-order valence-electron chi connectivity index (χ0n) is 9.61. The van der Waals surface area contributed by atoms with Gasteiger partial charge in [-0.1, -0.05) is 5.16 Å². The smallest absolute Gasteiger partial charge is 0.155 e. The Hall–Kier alpha value is -1.17. The highest BCUT2D eigenvalue weighted by molar-refractivity contribution is 7.90. The van der Waals surface area contributed by atoms with Gasteiger partial charge in [0.25, 0.3) is 0 Å². The summed E-state index contributed by atoms with van der Waals surface area (Å²) in [5.41, 5.74) is 1.19. The number of hydrogen-bond donors (Lipinski definition) is 0. The van der Waals surface area contributed by atoms with E-state index in [1.807, 2.05) is 0 Å². The molecule has 0 saturated heterocycles. The van der Waals surface area contributed by atoms with Crippen LogP contribution >= 0.6 is 0 Å². The number of aromatic nitrogens is 1. The highest BCUT2D eigenvalue weighted by Crippen LogP contribution is 2.16. The summed E-state index contributed by atoms with van der Waals surface area (Å²) in [6.45, 7) is 4.76. The number of nitrogens with zero attached hydrogens (tertiary/aromatic N) is 1. The second kappa shape index (κ2) is 4.78. The summed E-state index contributed by atoms with van der Waals surface area (Å²) >= 11 is 0. The fourth-order valence-electron chi connectivity index (χ4n) is 1.30. The van der Waals surface area contributed by atoms with Crippen LogP contribution in [0.5, 0.6) is 0 Å². The lowest BCUT2D eigenvalue weighted by molar-refractivity contribution is -0.116. The van der Waals surface area contributed by atoms with Gasteiger partial charge in [0.05, 0.1) is 17.2 Å². The molecule has 0 fully saturated rings. The molecule has 0 unspecified atom stereocenters. The van der Waals surface area contributed by atoms with Crippen LogP contribution in [0.2, 0.25) is 0 Å². The Morgan fingerprint density at radius 2 is 2.00 bits per heavy atom. The highest BCUT2D eigenvalue weighted by Gasteiger charge is 2.18. The van der Waals surface area contributed by atoms with Crippen molar-refractivity contribution in [2.45, 2.75) is 32.9 Å². The Morgan fingerprint density at radius 3 is 2.44 bits per heavy atom. The summed E-state index contributed by atoms with van der Waals surface area (Å²) in [4.78, 5) is 10.7. The van der Waals surface area contributed by atoms with Crippen LogP contribution in [-0.4, -0.2) is 25.1 Å². The molecule has 0 atom stereocenters. The lowest BCUT2D eigenvalue weighted by Gasteiger charge is -2.02. The van der Waals surface area contributed by atoms with Gasteiger partial charge in [-0.25, -0.2) is 8.42 Å². The van der Waals surface area contributed by atoms with Crippen molar-refractivity contribution in [3.63, 3.8) is 0 Å². The molecular formula is C10H15NO4S. The van der Waals surface area contributed by atoms with Crippen LogP contribution in [0.3, 0.4) is 0 Å². The fraction of sp³-hybridized carbons (Fsp3) is 0.600. The summed E-state index contributed by atoms with van der Waals surface area (Å²) in [5, 5.41) is 3.69. The van der Waals surface area contributed by atoms with E-state index in [-0.39, 0.29) is 23.7 Å². The number of Topliss-reactive ketones (excluding diaryl/α,β-unsaturated/α-hetero) is 1. The maximum absolute atomic E-state index is 11.7. The Kier molecular flexibility index (Phi) is 3.85. The Morgan fingerprint density at radius 1 is 1.38 bits per heavy atom. The minimum Gasteiger partial charge on any atom is -0.361 e. The van der Waals surface area contributed by atoms with E-state index in [2.05, 4.69) is 5.16 Å². The molecule has 0 aliphatic rings. The summed E-state index contributed by atoms with van der Waals surface area (Å²) < 4.78 is 28.3. The number of rotatable bonds is 5. The standard InChI is InChI=1S/C10H15NO4S/c1-7(12)4-5-16(13,14)6-10-8(2)11-15-9(10)3/h4-6H2,1-3H3.